The van der Waals surface area contributed by atoms with Crippen LogP contribution >= 0.6 is 0 Å². The number of rotatable bonds is 4. The molecule has 0 heterocycles. The minimum absolute atomic E-state index is 0.944. The molecule has 0 fully saturated rings. The summed E-state index contributed by atoms with van der Waals surface area (Å²) in [5.74, 6) is 0.944. The number of hydrogen-bond acceptors (Lipinski definition) is 0. The van der Waals surface area contributed by atoms with E-state index in [0.717, 1.165) is 5.92 Å². The second-order valence-electron chi connectivity index (χ2n) is 2.33. The van der Waals surface area contributed by atoms with Crippen LogP contribution in [0.3, 0.4) is 0 Å². The predicted molar refractivity (Wildman–Crippen MR) is 38.7 cm³/mol. The molecule has 0 aromatic heterocycles. The quantitative estimate of drug-likeness (QED) is 0.525. The normalized spacial score (nSPS) is 10.5. The Bertz CT molecular complexity index is 35.3. The molecule has 0 N–H and O–H groups in total. The first-order chi connectivity index (χ1) is 3.85. The molecular formula is C8H17. The molecular weight excluding hydrogens is 96.1 g/mol. The van der Waals surface area contributed by atoms with Crippen LogP contribution in [0.25, 0.3) is 0 Å². The van der Waals surface area contributed by atoms with Crippen molar-refractivity contribution in [2.75, 3.05) is 0 Å². The van der Waals surface area contributed by atoms with E-state index in [0.29, 0.717) is 0 Å². The van der Waals surface area contributed by atoms with Gasteiger partial charge in [0, 0.05) is 0 Å². The van der Waals surface area contributed by atoms with E-state index < -0.39 is 0 Å². The predicted octanol–water partition coefficient (Wildman–Crippen LogP) is 3.04. The van der Waals surface area contributed by atoms with Crippen LogP contribution in [0.5, 0.6) is 0 Å². The summed E-state index contributed by atoms with van der Waals surface area (Å²) in [6.07, 6.45) is 6.23. The molecule has 0 nitrogen and oxygen atoms in total. The molecule has 0 saturated heterocycles. The zero-order valence-corrected chi connectivity index (χ0v) is 6.28. The second-order valence-corrected chi connectivity index (χ2v) is 2.33. The zero-order valence-electron chi connectivity index (χ0n) is 6.28. The average molecular weight is 113 g/mol. The lowest BCUT2D eigenvalue weighted by Crippen LogP contribution is -1.94. The van der Waals surface area contributed by atoms with Gasteiger partial charge in [-0.3, -0.25) is 0 Å². The molecule has 1 radical (unpaired) electrons. The van der Waals surface area contributed by atoms with Crippen LogP contribution in [-0.4, -0.2) is 0 Å². The molecule has 0 aromatic carbocycles. The summed E-state index contributed by atoms with van der Waals surface area (Å²) in [5.41, 5.74) is 0. The standard InChI is InChI=1S/C8H17/c1-4-7-8(5-2)6-3/h4,8H,5-7H2,1-3H3. The fourth-order valence-corrected chi connectivity index (χ4v) is 0.955. The smallest absolute Gasteiger partial charge is 0.0414 e. The molecule has 49 valence electrons. The van der Waals surface area contributed by atoms with Crippen LogP contribution in [0, 0.1) is 12.3 Å². The Morgan fingerprint density at radius 1 is 1.25 bits per heavy atom. The highest BCUT2D eigenvalue weighted by atomic mass is 14.0. The highest BCUT2D eigenvalue weighted by molar-refractivity contribution is 4.63. The summed E-state index contributed by atoms with van der Waals surface area (Å²) in [7, 11) is 0. The van der Waals surface area contributed by atoms with Crippen LogP contribution < -0.4 is 0 Å². The first kappa shape index (κ1) is 8.00. The molecule has 0 heteroatoms. The topological polar surface area (TPSA) is 0 Å². The van der Waals surface area contributed by atoms with Gasteiger partial charge >= 0.3 is 0 Å². The average Bonchev–Trinajstić information content (AvgIpc) is 1.83. The van der Waals surface area contributed by atoms with Crippen LogP contribution in [0.1, 0.15) is 40.0 Å². The van der Waals surface area contributed by atoms with E-state index in [1.54, 1.807) is 0 Å². The summed E-state index contributed by atoms with van der Waals surface area (Å²) in [4.78, 5) is 0. The van der Waals surface area contributed by atoms with Crippen molar-refractivity contribution in [1.29, 1.82) is 0 Å². The van der Waals surface area contributed by atoms with Gasteiger partial charge < -0.3 is 0 Å². The van der Waals surface area contributed by atoms with Gasteiger partial charge in [-0.05, 0) is 18.8 Å². The summed E-state index contributed by atoms with van der Waals surface area (Å²) < 4.78 is 0. The van der Waals surface area contributed by atoms with Crippen molar-refractivity contribution >= 4 is 0 Å². The van der Waals surface area contributed by atoms with Crippen molar-refractivity contribution < 1.29 is 0 Å². The molecule has 0 aliphatic heterocycles. The molecule has 0 amide bonds. The maximum atomic E-state index is 2.26. The Morgan fingerprint density at radius 3 is 1.88 bits per heavy atom. The Labute approximate surface area is 53.3 Å². The van der Waals surface area contributed by atoms with Crippen molar-refractivity contribution in [1.82, 2.24) is 0 Å². The summed E-state index contributed by atoms with van der Waals surface area (Å²) in [6, 6.07) is 0. The molecule has 0 rings (SSSR count). The highest BCUT2D eigenvalue weighted by Crippen LogP contribution is 2.12. The van der Waals surface area contributed by atoms with Gasteiger partial charge in [-0.2, -0.15) is 0 Å². The van der Waals surface area contributed by atoms with E-state index in [2.05, 4.69) is 27.2 Å². The third kappa shape index (κ3) is 3.06. The van der Waals surface area contributed by atoms with Crippen molar-refractivity contribution in [3.05, 3.63) is 6.42 Å². The van der Waals surface area contributed by atoms with E-state index in [4.69, 9.17) is 0 Å². The van der Waals surface area contributed by atoms with E-state index in [1.165, 1.54) is 19.3 Å². The van der Waals surface area contributed by atoms with Gasteiger partial charge in [-0.15, -0.1) is 0 Å². The molecule has 0 bridgehead atoms. The molecule has 0 aliphatic carbocycles. The Morgan fingerprint density at radius 2 is 1.75 bits per heavy atom. The van der Waals surface area contributed by atoms with E-state index in [-0.39, 0.29) is 0 Å². The molecule has 0 atom stereocenters. The maximum Gasteiger partial charge on any atom is -0.0414 e. The fraction of sp³-hybridized carbons (Fsp3) is 0.875. The molecule has 0 spiro atoms. The van der Waals surface area contributed by atoms with Gasteiger partial charge in [0.15, 0.2) is 0 Å². The van der Waals surface area contributed by atoms with Crippen LogP contribution in [0.2, 0.25) is 0 Å². The summed E-state index contributed by atoms with van der Waals surface area (Å²) in [5, 5.41) is 0. The van der Waals surface area contributed by atoms with E-state index in [9.17, 15) is 0 Å². The Hall–Kier alpha value is 0. The SMILES string of the molecule is C[CH]CC(CC)CC. The third-order valence-electron chi connectivity index (χ3n) is 1.72. The van der Waals surface area contributed by atoms with Crippen LogP contribution in [0.15, 0.2) is 0 Å². The molecule has 0 aromatic rings. The molecule has 0 unspecified atom stereocenters. The maximum absolute atomic E-state index is 2.26. The third-order valence-corrected chi connectivity index (χ3v) is 1.72. The summed E-state index contributed by atoms with van der Waals surface area (Å²) in [6.45, 7) is 6.66. The van der Waals surface area contributed by atoms with Crippen molar-refractivity contribution in [3.8, 4) is 0 Å². The highest BCUT2D eigenvalue weighted by Gasteiger charge is 1.98. The van der Waals surface area contributed by atoms with Gasteiger partial charge in [0.05, 0.1) is 0 Å². The lowest BCUT2D eigenvalue weighted by molar-refractivity contribution is 0.486. The van der Waals surface area contributed by atoms with Gasteiger partial charge in [0.1, 0.15) is 0 Å². The van der Waals surface area contributed by atoms with Crippen molar-refractivity contribution in [2.24, 2.45) is 5.92 Å². The van der Waals surface area contributed by atoms with Gasteiger partial charge in [-0.1, -0.05) is 33.6 Å². The Balaban J connectivity index is 3.07. The first-order valence-electron chi connectivity index (χ1n) is 3.62. The largest absolute Gasteiger partial charge is 0.0651 e. The van der Waals surface area contributed by atoms with Crippen LogP contribution in [0.4, 0.5) is 0 Å². The lowest BCUT2D eigenvalue weighted by Gasteiger charge is -2.08. The second kappa shape index (κ2) is 5.14. The van der Waals surface area contributed by atoms with Crippen molar-refractivity contribution in [3.63, 3.8) is 0 Å². The minimum atomic E-state index is 0.944. The Kier molecular flexibility index (Phi) is 5.14. The van der Waals surface area contributed by atoms with E-state index >= 15 is 0 Å². The van der Waals surface area contributed by atoms with E-state index in [1.807, 2.05) is 0 Å². The van der Waals surface area contributed by atoms with Gasteiger partial charge in [-0.25, -0.2) is 0 Å². The van der Waals surface area contributed by atoms with Gasteiger partial charge in [0.25, 0.3) is 0 Å². The monoisotopic (exact) mass is 113 g/mol. The summed E-state index contributed by atoms with van der Waals surface area (Å²) >= 11 is 0. The van der Waals surface area contributed by atoms with Crippen LogP contribution in [-0.2, 0) is 0 Å². The lowest BCUT2D eigenvalue weighted by atomic mass is 9.98. The van der Waals surface area contributed by atoms with Crippen molar-refractivity contribution in [2.45, 2.75) is 40.0 Å². The minimum Gasteiger partial charge on any atom is -0.0651 e. The molecule has 8 heavy (non-hydrogen) atoms. The van der Waals surface area contributed by atoms with Gasteiger partial charge in [0.2, 0.25) is 0 Å². The zero-order chi connectivity index (χ0) is 6.41. The molecule has 0 aliphatic rings. The molecule has 0 saturated carbocycles. The fourth-order valence-electron chi connectivity index (χ4n) is 0.955. The first-order valence-corrected chi connectivity index (χ1v) is 3.62. The number of hydrogen-bond donors (Lipinski definition) is 0.